The minimum absolute atomic E-state index is 0.579. The van der Waals surface area contributed by atoms with Crippen molar-refractivity contribution in [3.8, 4) is 45.5 Å². The number of aromatic nitrogens is 5. The lowest BCUT2D eigenvalue weighted by atomic mass is 9.92. The SMILES string of the molecule is c1ccc(-c2nc(-c3ccc4c(c3)sc3ccccc34)nc(-n3c4ccccc4c4cc5c(cc43)c3ccccc3n5-c3ccc(-c4ccc5c6ccccc6c6ccccc6c5c4)cc3)n2)cc1. The summed E-state index contributed by atoms with van der Waals surface area (Å²) in [5.74, 6) is 1.84. The van der Waals surface area contributed by atoms with E-state index in [2.05, 4.69) is 215 Å². The summed E-state index contributed by atoms with van der Waals surface area (Å²) in [6, 6.07) is 81.1. The molecule has 0 unspecified atom stereocenters. The first-order valence-corrected chi connectivity index (χ1v) is 24.2. The van der Waals surface area contributed by atoms with Crippen LogP contribution in [0.4, 0.5) is 0 Å². The quantitative estimate of drug-likeness (QED) is 0.162. The van der Waals surface area contributed by atoms with Gasteiger partial charge in [0.2, 0.25) is 5.95 Å². The van der Waals surface area contributed by atoms with Gasteiger partial charge in [0, 0.05) is 58.5 Å². The Hall–Kier alpha value is -8.97. The van der Waals surface area contributed by atoms with Crippen molar-refractivity contribution < 1.29 is 0 Å². The molecular weight excluding hydrogens is 859 g/mol. The van der Waals surface area contributed by atoms with Crippen LogP contribution in [0.5, 0.6) is 0 Å². The van der Waals surface area contributed by atoms with Crippen molar-refractivity contribution >= 4 is 107 Å². The fraction of sp³-hybridized carbons (Fsp3) is 0. The molecule has 4 aromatic heterocycles. The Morgan fingerprint density at radius 2 is 0.739 bits per heavy atom. The molecule has 0 fully saturated rings. The molecular formula is C63H37N5S. The molecule has 15 aromatic rings. The normalized spacial score (nSPS) is 12.1. The summed E-state index contributed by atoms with van der Waals surface area (Å²) < 4.78 is 7.12. The summed E-state index contributed by atoms with van der Waals surface area (Å²) in [6.45, 7) is 0. The van der Waals surface area contributed by atoms with Gasteiger partial charge in [-0.2, -0.15) is 9.97 Å². The molecule has 0 radical (unpaired) electrons. The first-order valence-electron chi connectivity index (χ1n) is 23.3. The van der Waals surface area contributed by atoms with Gasteiger partial charge in [-0.3, -0.25) is 4.57 Å². The summed E-state index contributed by atoms with van der Waals surface area (Å²) in [7, 11) is 0. The van der Waals surface area contributed by atoms with Crippen molar-refractivity contribution in [1.82, 2.24) is 24.1 Å². The molecule has 0 atom stereocenters. The summed E-state index contributed by atoms with van der Waals surface area (Å²) in [5.41, 5.74) is 9.74. The van der Waals surface area contributed by atoms with Crippen molar-refractivity contribution in [2.45, 2.75) is 0 Å². The first-order chi connectivity index (χ1) is 34.2. The molecule has 0 N–H and O–H groups in total. The predicted octanol–water partition coefficient (Wildman–Crippen LogP) is 16.9. The molecule has 0 aliphatic carbocycles. The third kappa shape index (κ3) is 5.79. The van der Waals surface area contributed by atoms with E-state index in [-0.39, 0.29) is 0 Å². The van der Waals surface area contributed by atoms with Gasteiger partial charge >= 0.3 is 0 Å². The van der Waals surface area contributed by atoms with Gasteiger partial charge in [0.15, 0.2) is 11.6 Å². The maximum absolute atomic E-state index is 5.35. The van der Waals surface area contributed by atoms with Crippen LogP contribution in [0.3, 0.4) is 0 Å². The third-order valence-electron chi connectivity index (χ3n) is 14.2. The molecule has 0 saturated carbocycles. The summed E-state index contributed by atoms with van der Waals surface area (Å²) in [6.07, 6.45) is 0. The Labute approximate surface area is 399 Å². The molecule has 320 valence electrons. The van der Waals surface area contributed by atoms with Gasteiger partial charge in [-0.15, -0.1) is 11.3 Å². The van der Waals surface area contributed by atoms with Gasteiger partial charge in [0.25, 0.3) is 0 Å². The highest BCUT2D eigenvalue weighted by Gasteiger charge is 2.22. The second-order valence-corrected chi connectivity index (χ2v) is 19.0. The minimum atomic E-state index is 0.579. The van der Waals surface area contributed by atoms with E-state index >= 15 is 0 Å². The number of nitrogens with zero attached hydrogens (tertiary/aromatic N) is 5. The smallest absolute Gasteiger partial charge is 0.238 e. The van der Waals surface area contributed by atoms with Crippen LogP contribution in [0.25, 0.3) is 142 Å². The molecule has 11 aromatic carbocycles. The van der Waals surface area contributed by atoms with Gasteiger partial charge in [-0.1, -0.05) is 170 Å². The summed E-state index contributed by atoms with van der Waals surface area (Å²) >= 11 is 1.80. The lowest BCUT2D eigenvalue weighted by molar-refractivity contribution is 0.954. The molecule has 6 heteroatoms. The van der Waals surface area contributed by atoms with Crippen molar-refractivity contribution in [1.29, 1.82) is 0 Å². The van der Waals surface area contributed by atoms with E-state index in [0.29, 0.717) is 17.6 Å². The zero-order valence-corrected chi connectivity index (χ0v) is 37.8. The fourth-order valence-corrected chi connectivity index (χ4v) is 12.1. The van der Waals surface area contributed by atoms with Crippen LogP contribution in [0.2, 0.25) is 0 Å². The van der Waals surface area contributed by atoms with E-state index in [1.807, 2.05) is 18.2 Å². The molecule has 4 heterocycles. The van der Waals surface area contributed by atoms with Crippen molar-refractivity contribution in [3.63, 3.8) is 0 Å². The second-order valence-electron chi connectivity index (χ2n) is 17.9. The number of benzene rings is 11. The first kappa shape index (κ1) is 38.2. The molecule has 0 aliphatic heterocycles. The average Bonchev–Trinajstić information content (AvgIpc) is 4.07. The second kappa shape index (κ2) is 14.8. The van der Waals surface area contributed by atoms with Crippen molar-refractivity contribution in [2.75, 3.05) is 0 Å². The monoisotopic (exact) mass is 895 g/mol. The highest BCUT2D eigenvalue weighted by atomic mass is 32.1. The van der Waals surface area contributed by atoms with E-state index in [1.54, 1.807) is 11.3 Å². The number of para-hydroxylation sites is 2. The fourth-order valence-electron chi connectivity index (χ4n) is 11.0. The lowest BCUT2D eigenvalue weighted by Gasteiger charge is -2.13. The Kier molecular flexibility index (Phi) is 8.17. The molecule has 15 rings (SSSR count). The van der Waals surface area contributed by atoms with Crippen LogP contribution in [0.15, 0.2) is 224 Å². The zero-order valence-electron chi connectivity index (χ0n) is 37.0. The van der Waals surface area contributed by atoms with E-state index < -0.39 is 0 Å². The standard InChI is InChI=1S/C63H37N5S/c1-2-14-39(15-3-1)61-64-62(41-29-33-51-50-22-10-13-25-59(50)69-60(51)35-41)66-63(65-61)68-56-24-12-9-21-49(56)54-36-57-53(37-58(54)68)48-20-8-11-23-55(48)67(57)42-30-26-38(27-31-42)40-28-32-47-45-18-5-4-16-43(45)44-17-6-7-19-46(44)52(47)34-40/h1-37H. The number of hydrogen-bond donors (Lipinski definition) is 0. The van der Waals surface area contributed by atoms with Crippen LogP contribution in [0.1, 0.15) is 0 Å². The minimum Gasteiger partial charge on any atom is -0.309 e. The number of thiophene rings is 1. The van der Waals surface area contributed by atoms with Gasteiger partial charge in [-0.05, 0) is 98.0 Å². The molecule has 0 saturated heterocycles. The van der Waals surface area contributed by atoms with Gasteiger partial charge in [0.05, 0.1) is 22.1 Å². The molecule has 0 aliphatic rings. The van der Waals surface area contributed by atoms with E-state index in [1.165, 1.54) is 69.0 Å². The summed E-state index contributed by atoms with van der Waals surface area (Å²) in [5, 5.41) is 14.8. The van der Waals surface area contributed by atoms with Crippen LogP contribution < -0.4 is 0 Å². The van der Waals surface area contributed by atoms with Crippen LogP contribution in [-0.4, -0.2) is 24.1 Å². The highest BCUT2D eigenvalue weighted by molar-refractivity contribution is 7.25. The van der Waals surface area contributed by atoms with Crippen molar-refractivity contribution in [3.05, 3.63) is 224 Å². The molecule has 0 amide bonds. The largest absolute Gasteiger partial charge is 0.309 e. The third-order valence-corrected chi connectivity index (χ3v) is 15.3. The Morgan fingerprint density at radius 1 is 0.261 bits per heavy atom. The van der Waals surface area contributed by atoms with Crippen LogP contribution in [-0.2, 0) is 0 Å². The van der Waals surface area contributed by atoms with Crippen molar-refractivity contribution in [2.24, 2.45) is 0 Å². The van der Waals surface area contributed by atoms with Gasteiger partial charge in [-0.25, -0.2) is 4.98 Å². The van der Waals surface area contributed by atoms with Crippen LogP contribution >= 0.6 is 11.3 Å². The summed E-state index contributed by atoms with van der Waals surface area (Å²) in [4.78, 5) is 15.8. The van der Waals surface area contributed by atoms with Crippen LogP contribution in [0, 0.1) is 0 Å². The van der Waals surface area contributed by atoms with Gasteiger partial charge in [0.1, 0.15) is 0 Å². The maximum Gasteiger partial charge on any atom is 0.238 e. The topological polar surface area (TPSA) is 48.5 Å². The molecule has 69 heavy (non-hydrogen) atoms. The molecule has 5 nitrogen and oxygen atoms in total. The Bertz CT molecular complexity index is 4560. The van der Waals surface area contributed by atoms with E-state index in [0.717, 1.165) is 55.0 Å². The molecule has 0 spiro atoms. The Morgan fingerprint density at radius 3 is 1.42 bits per heavy atom. The highest BCUT2D eigenvalue weighted by Crippen LogP contribution is 2.42. The van der Waals surface area contributed by atoms with E-state index in [9.17, 15) is 0 Å². The van der Waals surface area contributed by atoms with Gasteiger partial charge < -0.3 is 4.57 Å². The number of hydrogen-bond acceptors (Lipinski definition) is 4. The molecule has 0 bridgehead atoms. The Balaban J connectivity index is 0.905. The van der Waals surface area contributed by atoms with E-state index in [4.69, 9.17) is 15.0 Å². The number of fused-ring (bicyclic) bond motifs is 15. The number of rotatable bonds is 5. The lowest BCUT2D eigenvalue weighted by Crippen LogP contribution is -2.06. The average molecular weight is 896 g/mol. The zero-order chi connectivity index (χ0) is 45.2. The maximum atomic E-state index is 5.35. The predicted molar refractivity (Wildman–Crippen MR) is 290 cm³/mol.